The van der Waals surface area contributed by atoms with Crippen molar-refractivity contribution in [1.82, 2.24) is 5.32 Å². The van der Waals surface area contributed by atoms with Crippen molar-refractivity contribution in [3.8, 4) is 0 Å². The highest BCUT2D eigenvalue weighted by molar-refractivity contribution is 7.99. The summed E-state index contributed by atoms with van der Waals surface area (Å²) in [6, 6.07) is 8.43. The van der Waals surface area contributed by atoms with Gasteiger partial charge >= 0.3 is 6.09 Å². The molecule has 0 unspecified atom stereocenters. The zero-order valence-corrected chi connectivity index (χ0v) is 15.6. The maximum absolute atomic E-state index is 12.1. The molecule has 2 N–H and O–H groups in total. The van der Waals surface area contributed by atoms with Crippen LogP contribution in [-0.2, 0) is 4.74 Å². The van der Waals surface area contributed by atoms with Gasteiger partial charge in [-0.05, 0) is 58.1 Å². The SMILES string of the molecule is Cc1ccc(SC[C@@H]2[C@@H](O)[C@@H]3C[C@@H]3[C@H]2NC(=O)OC(C)(C)C)cc1. The Hall–Kier alpha value is -1.20. The van der Waals surface area contributed by atoms with E-state index in [4.69, 9.17) is 4.74 Å². The summed E-state index contributed by atoms with van der Waals surface area (Å²) in [4.78, 5) is 13.3. The van der Waals surface area contributed by atoms with Crippen molar-refractivity contribution in [2.75, 3.05) is 5.75 Å². The van der Waals surface area contributed by atoms with E-state index in [2.05, 4.69) is 36.5 Å². The minimum absolute atomic E-state index is 0.0119. The van der Waals surface area contributed by atoms with Crippen molar-refractivity contribution in [3.05, 3.63) is 29.8 Å². The molecule has 2 aliphatic rings. The summed E-state index contributed by atoms with van der Waals surface area (Å²) < 4.78 is 5.39. The molecule has 2 aliphatic carbocycles. The molecule has 24 heavy (non-hydrogen) atoms. The fourth-order valence-electron chi connectivity index (χ4n) is 3.58. The van der Waals surface area contributed by atoms with Crippen molar-refractivity contribution in [3.63, 3.8) is 0 Å². The number of carbonyl (C=O) groups is 1. The average molecular weight is 349 g/mol. The van der Waals surface area contributed by atoms with Crippen molar-refractivity contribution >= 4 is 17.9 Å². The minimum atomic E-state index is -0.504. The lowest BCUT2D eigenvalue weighted by atomic mass is 9.98. The highest BCUT2D eigenvalue weighted by Gasteiger charge is 2.59. The Morgan fingerprint density at radius 2 is 1.96 bits per heavy atom. The first kappa shape index (κ1) is 17.6. The van der Waals surface area contributed by atoms with Crippen LogP contribution >= 0.6 is 11.8 Å². The number of hydrogen-bond acceptors (Lipinski definition) is 4. The number of amides is 1. The third-order valence-corrected chi connectivity index (χ3v) is 5.99. The van der Waals surface area contributed by atoms with E-state index in [1.54, 1.807) is 11.8 Å². The molecule has 0 spiro atoms. The standard InChI is InChI=1S/C19H27NO3S/c1-11-5-7-12(8-6-11)24-10-15-16(13-9-14(13)17(15)21)20-18(22)23-19(2,3)4/h5-8,13-17,21H,9-10H2,1-4H3,(H,20,22)/t13-,14+,15-,16+,17-/m0/s1. The molecule has 5 atom stereocenters. The van der Waals surface area contributed by atoms with Crippen molar-refractivity contribution in [1.29, 1.82) is 0 Å². The Kier molecular flexibility index (Phi) is 4.85. The molecule has 0 radical (unpaired) electrons. The Labute approximate surface area is 148 Å². The zero-order chi connectivity index (χ0) is 17.5. The van der Waals surface area contributed by atoms with Gasteiger partial charge in [0.1, 0.15) is 5.60 Å². The summed E-state index contributed by atoms with van der Waals surface area (Å²) in [6.45, 7) is 7.66. The number of fused-ring (bicyclic) bond motifs is 1. The van der Waals surface area contributed by atoms with Crippen LogP contribution in [0.3, 0.4) is 0 Å². The van der Waals surface area contributed by atoms with E-state index in [1.807, 2.05) is 20.8 Å². The van der Waals surface area contributed by atoms with Gasteiger partial charge in [-0.15, -0.1) is 11.8 Å². The van der Waals surface area contributed by atoms with Crippen LogP contribution in [0.2, 0.25) is 0 Å². The van der Waals surface area contributed by atoms with Crippen LogP contribution in [-0.4, -0.2) is 34.7 Å². The zero-order valence-electron chi connectivity index (χ0n) is 14.8. The monoisotopic (exact) mass is 349 g/mol. The lowest BCUT2D eigenvalue weighted by molar-refractivity contribution is 0.0460. The number of ether oxygens (including phenoxy) is 1. The van der Waals surface area contributed by atoms with Gasteiger partial charge in [-0.1, -0.05) is 17.7 Å². The van der Waals surface area contributed by atoms with Crippen LogP contribution in [0.15, 0.2) is 29.2 Å². The number of carbonyl (C=O) groups excluding carboxylic acids is 1. The third kappa shape index (κ3) is 4.06. The highest BCUT2D eigenvalue weighted by atomic mass is 32.2. The van der Waals surface area contributed by atoms with Crippen LogP contribution in [0.25, 0.3) is 0 Å². The number of aliphatic hydroxyl groups is 1. The molecule has 4 nitrogen and oxygen atoms in total. The van der Waals surface area contributed by atoms with E-state index in [0.29, 0.717) is 11.8 Å². The van der Waals surface area contributed by atoms with Gasteiger partial charge in [0.05, 0.1) is 6.10 Å². The molecule has 0 bridgehead atoms. The molecule has 1 aromatic rings. The van der Waals surface area contributed by atoms with E-state index >= 15 is 0 Å². The number of hydrogen-bond donors (Lipinski definition) is 2. The number of aliphatic hydroxyl groups excluding tert-OH is 1. The summed E-state index contributed by atoms with van der Waals surface area (Å²) in [5, 5.41) is 13.5. The summed E-state index contributed by atoms with van der Waals surface area (Å²) in [5.74, 6) is 1.62. The Morgan fingerprint density at radius 1 is 1.29 bits per heavy atom. The Morgan fingerprint density at radius 3 is 2.58 bits per heavy atom. The third-order valence-electron chi connectivity index (χ3n) is 4.84. The quantitative estimate of drug-likeness (QED) is 0.816. The van der Waals surface area contributed by atoms with Crippen molar-refractivity contribution < 1.29 is 14.6 Å². The molecule has 0 aliphatic heterocycles. The van der Waals surface area contributed by atoms with E-state index in [9.17, 15) is 9.90 Å². The first-order valence-corrected chi connectivity index (χ1v) is 9.60. The molecule has 0 saturated heterocycles. The molecule has 0 heterocycles. The normalized spacial score (nSPS) is 31.5. The Balaban J connectivity index is 1.60. The predicted molar refractivity (Wildman–Crippen MR) is 96.2 cm³/mol. The number of aryl methyl sites for hydroxylation is 1. The summed E-state index contributed by atoms with van der Waals surface area (Å²) in [7, 11) is 0. The predicted octanol–water partition coefficient (Wildman–Crippen LogP) is 3.61. The van der Waals surface area contributed by atoms with Crippen LogP contribution in [0, 0.1) is 24.7 Å². The van der Waals surface area contributed by atoms with Crippen LogP contribution < -0.4 is 5.32 Å². The number of nitrogens with one attached hydrogen (secondary N) is 1. The van der Waals surface area contributed by atoms with E-state index in [-0.39, 0.29) is 24.2 Å². The fraction of sp³-hybridized carbons (Fsp3) is 0.632. The second-order valence-corrected chi connectivity index (χ2v) is 9.11. The van der Waals surface area contributed by atoms with Gasteiger partial charge in [-0.2, -0.15) is 0 Å². The molecular formula is C19H27NO3S. The molecule has 132 valence electrons. The molecule has 5 heteroatoms. The van der Waals surface area contributed by atoms with Crippen LogP contribution in [0.1, 0.15) is 32.8 Å². The maximum Gasteiger partial charge on any atom is 0.407 e. The summed E-state index contributed by atoms with van der Waals surface area (Å²) in [5.41, 5.74) is 0.738. The van der Waals surface area contributed by atoms with Crippen molar-refractivity contribution in [2.24, 2.45) is 17.8 Å². The lowest BCUT2D eigenvalue weighted by Gasteiger charge is -2.28. The van der Waals surface area contributed by atoms with E-state index in [0.717, 1.165) is 12.2 Å². The topological polar surface area (TPSA) is 58.6 Å². The minimum Gasteiger partial charge on any atom is -0.444 e. The van der Waals surface area contributed by atoms with E-state index in [1.165, 1.54) is 10.5 Å². The second-order valence-electron chi connectivity index (χ2n) is 8.01. The van der Waals surface area contributed by atoms with Gasteiger partial charge < -0.3 is 15.2 Å². The maximum atomic E-state index is 12.1. The summed E-state index contributed by atoms with van der Waals surface area (Å²) in [6.07, 6.45) is 0.304. The molecule has 1 amide bonds. The molecule has 3 rings (SSSR count). The molecule has 1 aromatic carbocycles. The molecular weight excluding hydrogens is 322 g/mol. The van der Waals surface area contributed by atoms with E-state index < -0.39 is 5.60 Å². The number of rotatable bonds is 4. The Bertz CT molecular complexity index is 596. The van der Waals surface area contributed by atoms with Gasteiger partial charge in [0.25, 0.3) is 0 Å². The van der Waals surface area contributed by atoms with Crippen LogP contribution in [0.4, 0.5) is 4.79 Å². The van der Waals surface area contributed by atoms with Crippen LogP contribution in [0.5, 0.6) is 0 Å². The van der Waals surface area contributed by atoms with Gasteiger partial charge in [0.15, 0.2) is 0 Å². The number of benzene rings is 1. The number of thioether (sulfide) groups is 1. The smallest absolute Gasteiger partial charge is 0.407 e. The van der Waals surface area contributed by atoms with Gasteiger partial charge in [-0.25, -0.2) is 4.79 Å². The first-order chi connectivity index (χ1) is 11.2. The molecule has 2 fully saturated rings. The molecule has 0 aromatic heterocycles. The molecule has 2 saturated carbocycles. The lowest BCUT2D eigenvalue weighted by Crippen LogP contribution is -2.45. The second kappa shape index (κ2) is 6.60. The van der Waals surface area contributed by atoms with Crippen molar-refractivity contribution in [2.45, 2.75) is 56.8 Å². The average Bonchev–Trinajstić information content (AvgIpc) is 3.21. The summed E-state index contributed by atoms with van der Waals surface area (Å²) >= 11 is 1.74. The van der Waals surface area contributed by atoms with Gasteiger partial charge in [0, 0.05) is 22.6 Å². The fourth-order valence-corrected chi connectivity index (χ4v) is 4.69. The first-order valence-electron chi connectivity index (χ1n) is 8.61. The van der Waals surface area contributed by atoms with Gasteiger partial charge in [-0.3, -0.25) is 0 Å². The largest absolute Gasteiger partial charge is 0.444 e. The number of alkyl carbamates (subject to hydrolysis) is 1. The van der Waals surface area contributed by atoms with Gasteiger partial charge in [0.2, 0.25) is 0 Å². The highest BCUT2D eigenvalue weighted by Crippen LogP contribution is 2.55.